The number of aliphatic hydroxyl groups excluding tert-OH is 1. The molecule has 0 bridgehead atoms. The van der Waals surface area contributed by atoms with Crippen molar-refractivity contribution < 1.29 is 32.5 Å². The summed E-state index contributed by atoms with van der Waals surface area (Å²) in [5, 5.41) is 8.98. The van der Waals surface area contributed by atoms with Crippen LogP contribution in [0.15, 0.2) is 66.7 Å². The molecule has 4 rings (SSSR count). The average Bonchev–Trinajstić information content (AvgIpc) is 2.87. The van der Waals surface area contributed by atoms with Gasteiger partial charge < -0.3 is 19.5 Å². The monoisotopic (exact) mass is 499 g/mol. The molecule has 1 aliphatic heterocycles. The van der Waals surface area contributed by atoms with Crippen molar-refractivity contribution in [3.8, 4) is 11.1 Å². The maximum atomic E-state index is 14.2. The largest absolute Gasteiger partial charge is 0.438 e. The molecule has 0 aromatic heterocycles. The summed E-state index contributed by atoms with van der Waals surface area (Å²) in [5.41, 5.74) is 1.44. The highest BCUT2D eigenvalue weighted by molar-refractivity contribution is 5.70. The number of benzene rings is 3. The highest BCUT2D eigenvalue weighted by Gasteiger charge is 2.43. The van der Waals surface area contributed by atoms with E-state index in [1.165, 1.54) is 24.3 Å². The summed E-state index contributed by atoms with van der Waals surface area (Å²) in [4.78, 5) is 14.8. The summed E-state index contributed by atoms with van der Waals surface area (Å²) < 4.78 is 52.3. The van der Waals surface area contributed by atoms with Crippen LogP contribution in [0.3, 0.4) is 0 Å². The van der Waals surface area contributed by atoms with E-state index in [0.29, 0.717) is 36.1 Å². The Bertz CT molecular complexity index is 1190. The van der Waals surface area contributed by atoms with Gasteiger partial charge in [-0.3, -0.25) is 0 Å². The molecular formula is C28H28F3NO4. The lowest BCUT2D eigenvalue weighted by Gasteiger charge is -2.43. The lowest BCUT2D eigenvalue weighted by molar-refractivity contribution is -0.0779. The highest BCUT2D eigenvalue weighted by Crippen LogP contribution is 2.40. The Morgan fingerprint density at radius 1 is 1.00 bits per heavy atom. The van der Waals surface area contributed by atoms with Crippen LogP contribution in [0.5, 0.6) is 0 Å². The summed E-state index contributed by atoms with van der Waals surface area (Å²) >= 11 is 0. The van der Waals surface area contributed by atoms with E-state index < -0.39 is 23.3 Å². The fourth-order valence-electron chi connectivity index (χ4n) is 4.55. The molecule has 8 heteroatoms. The number of hydrogen-bond donors (Lipinski definition) is 1. The Balaban J connectivity index is 1.50. The molecule has 1 N–H and O–H groups in total. The Morgan fingerprint density at radius 3 is 2.33 bits per heavy atom. The first-order valence-corrected chi connectivity index (χ1v) is 11.8. The van der Waals surface area contributed by atoms with Crippen molar-refractivity contribution in [2.45, 2.75) is 31.4 Å². The second-order valence-electron chi connectivity index (χ2n) is 8.82. The molecule has 1 fully saturated rings. The first kappa shape index (κ1) is 25.7. The Kier molecular flexibility index (Phi) is 7.96. The fourth-order valence-corrected chi connectivity index (χ4v) is 4.55. The Labute approximate surface area is 208 Å². The van der Waals surface area contributed by atoms with Crippen LogP contribution in [0.4, 0.5) is 18.0 Å². The fraction of sp³-hybridized carbons (Fsp3) is 0.321. The van der Waals surface area contributed by atoms with Crippen molar-refractivity contribution >= 4 is 6.09 Å². The van der Waals surface area contributed by atoms with Gasteiger partial charge in [0.25, 0.3) is 0 Å². The summed E-state index contributed by atoms with van der Waals surface area (Å²) in [6.07, 6.45) is 0.328. The van der Waals surface area contributed by atoms with Gasteiger partial charge in [0.1, 0.15) is 23.1 Å². The normalized spacial score (nSPS) is 18.7. The number of ether oxygens (including phenoxy) is 2. The van der Waals surface area contributed by atoms with Gasteiger partial charge in [0.05, 0.1) is 25.9 Å². The van der Waals surface area contributed by atoms with E-state index in [9.17, 15) is 18.0 Å². The third kappa shape index (κ3) is 5.55. The molecular weight excluding hydrogens is 471 g/mol. The van der Waals surface area contributed by atoms with Crippen LogP contribution in [0.1, 0.15) is 36.9 Å². The lowest BCUT2D eigenvalue weighted by atomic mass is 9.85. The number of carbonyl (C=O) groups is 1. The molecule has 1 saturated heterocycles. The van der Waals surface area contributed by atoms with Gasteiger partial charge in [0.2, 0.25) is 0 Å². The number of carbonyl (C=O) groups excluding carboxylic acids is 1. The topological polar surface area (TPSA) is 59.0 Å². The van der Waals surface area contributed by atoms with Gasteiger partial charge in [0.15, 0.2) is 0 Å². The molecule has 1 heterocycles. The van der Waals surface area contributed by atoms with Crippen LogP contribution in [0.2, 0.25) is 0 Å². The van der Waals surface area contributed by atoms with Gasteiger partial charge in [-0.2, -0.15) is 0 Å². The van der Waals surface area contributed by atoms with Gasteiger partial charge in [0, 0.05) is 31.0 Å². The van der Waals surface area contributed by atoms with Crippen molar-refractivity contribution in [2.75, 3.05) is 26.4 Å². The van der Waals surface area contributed by atoms with Crippen molar-refractivity contribution in [3.05, 3.63) is 95.3 Å². The minimum Gasteiger partial charge on any atom is -0.438 e. The van der Waals surface area contributed by atoms with E-state index in [-0.39, 0.29) is 31.7 Å². The van der Waals surface area contributed by atoms with Crippen molar-refractivity contribution in [1.82, 2.24) is 4.90 Å². The zero-order chi connectivity index (χ0) is 25.7. The van der Waals surface area contributed by atoms with Gasteiger partial charge in [-0.15, -0.1) is 0 Å². The summed E-state index contributed by atoms with van der Waals surface area (Å²) in [6.45, 7) is 2.60. The zero-order valence-corrected chi connectivity index (χ0v) is 19.9. The third-order valence-corrected chi connectivity index (χ3v) is 6.63. The van der Waals surface area contributed by atoms with E-state index >= 15 is 0 Å². The first-order valence-electron chi connectivity index (χ1n) is 11.8. The molecule has 0 radical (unpaired) electrons. The molecule has 36 heavy (non-hydrogen) atoms. The van der Waals surface area contributed by atoms with Gasteiger partial charge in [-0.1, -0.05) is 36.4 Å². The molecule has 2 unspecified atom stereocenters. The minimum atomic E-state index is -0.972. The van der Waals surface area contributed by atoms with Gasteiger partial charge in [-0.05, 0) is 47.9 Å². The molecule has 190 valence electrons. The molecule has 1 amide bonds. The number of hydrogen-bond acceptors (Lipinski definition) is 4. The summed E-state index contributed by atoms with van der Waals surface area (Å²) in [5.74, 6) is -1.66. The van der Waals surface area contributed by atoms with E-state index in [4.69, 9.17) is 14.6 Å². The SMILES string of the molecule is CC(c1ccc(-c2ccc(F)cc2F)cc1)N1CCC(CCOCCO)(c2ccc(F)cc2)OC1=O. The number of cyclic esters (lactones) is 1. The summed E-state index contributed by atoms with van der Waals surface area (Å²) in [7, 11) is 0. The Morgan fingerprint density at radius 2 is 1.69 bits per heavy atom. The van der Waals surface area contributed by atoms with Crippen molar-refractivity contribution in [2.24, 2.45) is 0 Å². The van der Waals surface area contributed by atoms with Crippen LogP contribution in [0.25, 0.3) is 11.1 Å². The van der Waals surface area contributed by atoms with Crippen LogP contribution < -0.4 is 0 Å². The predicted molar refractivity (Wildman–Crippen MR) is 129 cm³/mol. The highest BCUT2D eigenvalue weighted by atomic mass is 19.1. The number of amides is 1. The third-order valence-electron chi connectivity index (χ3n) is 6.63. The van der Waals surface area contributed by atoms with E-state index in [1.54, 1.807) is 41.3 Å². The molecule has 5 nitrogen and oxygen atoms in total. The quantitative estimate of drug-likeness (QED) is 0.369. The maximum absolute atomic E-state index is 14.2. The number of rotatable bonds is 9. The summed E-state index contributed by atoms with van der Waals surface area (Å²) in [6, 6.07) is 16.1. The number of halogens is 3. The first-order chi connectivity index (χ1) is 17.3. The molecule has 0 aliphatic carbocycles. The average molecular weight is 500 g/mol. The molecule has 3 aromatic rings. The van der Waals surface area contributed by atoms with Crippen LogP contribution in [-0.4, -0.2) is 42.5 Å². The second kappa shape index (κ2) is 11.1. The lowest BCUT2D eigenvalue weighted by Crippen LogP contribution is -2.49. The van der Waals surface area contributed by atoms with Crippen LogP contribution in [0, 0.1) is 17.5 Å². The molecule has 3 aromatic carbocycles. The second-order valence-corrected chi connectivity index (χ2v) is 8.82. The van der Waals surface area contributed by atoms with Gasteiger partial charge in [-0.25, -0.2) is 18.0 Å². The molecule has 0 saturated carbocycles. The zero-order valence-electron chi connectivity index (χ0n) is 19.9. The molecule has 0 spiro atoms. The number of nitrogens with zero attached hydrogens (tertiary/aromatic N) is 1. The van der Waals surface area contributed by atoms with E-state index in [1.807, 2.05) is 6.92 Å². The van der Waals surface area contributed by atoms with Crippen molar-refractivity contribution in [1.29, 1.82) is 0 Å². The standard InChI is InChI=1S/C28H28F3NO4/c1-19(20-2-4-21(5-3-20)25-11-10-24(30)18-26(25)31)32-14-12-28(36-27(32)34,13-16-35-17-15-33)22-6-8-23(29)9-7-22/h2-11,18-19,33H,12-17H2,1H3. The van der Waals surface area contributed by atoms with Gasteiger partial charge >= 0.3 is 6.09 Å². The predicted octanol–water partition coefficient (Wildman–Crippen LogP) is 5.97. The van der Waals surface area contributed by atoms with E-state index in [2.05, 4.69) is 0 Å². The molecule has 1 aliphatic rings. The number of aliphatic hydroxyl groups is 1. The molecule has 2 atom stereocenters. The Hall–Kier alpha value is -3.36. The minimum absolute atomic E-state index is 0.110. The van der Waals surface area contributed by atoms with E-state index in [0.717, 1.165) is 11.6 Å². The van der Waals surface area contributed by atoms with Crippen LogP contribution in [-0.2, 0) is 15.1 Å². The van der Waals surface area contributed by atoms with Crippen molar-refractivity contribution in [3.63, 3.8) is 0 Å². The van der Waals surface area contributed by atoms with Crippen LogP contribution >= 0.6 is 0 Å². The smallest absolute Gasteiger partial charge is 0.411 e. The maximum Gasteiger partial charge on any atom is 0.411 e.